The van der Waals surface area contributed by atoms with Gasteiger partial charge in [0.25, 0.3) is 5.91 Å². The lowest BCUT2D eigenvalue weighted by molar-refractivity contribution is 0.0954. The maximum absolute atomic E-state index is 13.1. The third-order valence-corrected chi connectivity index (χ3v) is 5.98. The van der Waals surface area contributed by atoms with E-state index >= 15 is 0 Å². The van der Waals surface area contributed by atoms with Crippen molar-refractivity contribution < 1.29 is 9.18 Å². The summed E-state index contributed by atoms with van der Waals surface area (Å²) in [5.41, 5.74) is 4.33. The fourth-order valence-electron chi connectivity index (χ4n) is 3.23. The van der Waals surface area contributed by atoms with E-state index in [-0.39, 0.29) is 11.7 Å². The lowest BCUT2D eigenvalue weighted by Crippen LogP contribution is -2.22. The molecule has 2 nitrogen and oxygen atoms in total. The highest BCUT2D eigenvalue weighted by molar-refractivity contribution is 7.21. The minimum atomic E-state index is -0.278. The van der Waals surface area contributed by atoms with E-state index < -0.39 is 0 Å². The molecule has 0 aliphatic rings. The van der Waals surface area contributed by atoms with Crippen molar-refractivity contribution in [1.82, 2.24) is 5.32 Å². The average molecular weight is 389 g/mol. The highest BCUT2D eigenvalue weighted by Crippen LogP contribution is 2.33. The van der Waals surface area contributed by atoms with E-state index in [4.69, 9.17) is 0 Å². The lowest BCUT2D eigenvalue weighted by atomic mass is 10.0. The number of nitrogens with one attached hydrogen (secondary N) is 1. The van der Waals surface area contributed by atoms with Crippen LogP contribution in [0.3, 0.4) is 0 Å². The first-order valence-corrected chi connectivity index (χ1v) is 10.0. The van der Waals surface area contributed by atoms with E-state index in [1.807, 2.05) is 12.1 Å². The summed E-state index contributed by atoms with van der Waals surface area (Å²) >= 11 is 1.52. The van der Waals surface area contributed by atoms with Crippen LogP contribution in [0.25, 0.3) is 10.1 Å². The molecule has 0 fully saturated rings. The monoisotopic (exact) mass is 389 g/mol. The number of carbonyl (C=O) groups is 1. The molecule has 4 rings (SSSR count). The minimum Gasteiger partial charge on any atom is -0.347 e. The molecule has 0 aliphatic heterocycles. The number of halogens is 1. The van der Waals surface area contributed by atoms with Crippen LogP contribution in [-0.2, 0) is 13.0 Å². The van der Waals surface area contributed by atoms with E-state index in [0.29, 0.717) is 13.0 Å². The van der Waals surface area contributed by atoms with E-state index in [2.05, 4.69) is 48.6 Å². The van der Waals surface area contributed by atoms with Crippen molar-refractivity contribution in [3.05, 3.63) is 106 Å². The topological polar surface area (TPSA) is 29.1 Å². The number of fused-ring (bicyclic) bond motifs is 1. The zero-order valence-electron chi connectivity index (χ0n) is 15.5. The number of hydrogen-bond acceptors (Lipinski definition) is 2. The lowest BCUT2D eigenvalue weighted by Gasteiger charge is -2.08. The van der Waals surface area contributed by atoms with Crippen LogP contribution < -0.4 is 5.32 Å². The summed E-state index contributed by atoms with van der Waals surface area (Å²) in [7, 11) is 0. The molecule has 0 saturated carbocycles. The first-order valence-electron chi connectivity index (χ1n) is 9.19. The summed E-state index contributed by atoms with van der Waals surface area (Å²) in [5.74, 6) is -0.368. The Kier molecular flexibility index (Phi) is 5.22. The number of hydrogen-bond donors (Lipinski definition) is 1. The second-order valence-corrected chi connectivity index (χ2v) is 7.93. The molecule has 1 amide bonds. The Bertz CT molecular complexity index is 1110. The van der Waals surface area contributed by atoms with Gasteiger partial charge in [0, 0.05) is 11.2 Å². The van der Waals surface area contributed by atoms with Gasteiger partial charge in [-0.2, -0.15) is 0 Å². The summed E-state index contributed by atoms with van der Waals surface area (Å²) in [6.07, 6.45) is 0.712. The van der Waals surface area contributed by atoms with Crippen molar-refractivity contribution in [2.45, 2.75) is 19.9 Å². The molecule has 28 heavy (non-hydrogen) atoms. The maximum atomic E-state index is 13.1. The van der Waals surface area contributed by atoms with Gasteiger partial charge in [-0.3, -0.25) is 4.79 Å². The third-order valence-electron chi connectivity index (χ3n) is 4.77. The Morgan fingerprint density at radius 3 is 2.36 bits per heavy atom. The van der Waals surface area contributed by atoms with Gasteiger partial charge in [0.2, 0.25) is 0 Å². The van der Waals surface area contributed by atoms with Gasteiger partial charge in [-0.05, 0) is 53.6 Å². The second-order valence-electron chi connectivity index (χ2n) is 6.88. The fraction of sp³-hybridized carbons (Fsp3) is 0.125. The average Bonchev–Trinajstić information content (AvgIpc) is 3.08. The summed E-state index contributed by atoms with van der Waals surface area (Å²) < 4.78 is 14.2. The normalized spacial score (nSPS) is 10.9. The number of aryl methyl sites for hydroxylation is 1. The standard InChI is InChI=1S/C24H20FNOS/c1-16-6-8-17(9-7-16)14-21-20-4-2-3-5-22(20)28-23(21)24(27)26-15-18-10-12-19(25)13-11-18/h2-13H,14-15H2,1H3,(H,26,27). The molecule has 0 bridgehead atoms. The molecular formula is C24H20FNOS. The Morgan fingerprint density at radius 1 is 0.929 bits per heavy atom. The van der Waals surface area contributed by atoms with Gasteiger partial charge in [-0.25, -0.2) is 4.39 Å². The molecule has 0 aliphatic carbocycles. The molecule has 4 heteroatoms. The number of benzene rings is 3. The largest absolute Gasteiger partial charge is 0.347 e. The van der Waals surface area contributed by atoms with Crippen LogP contribution in [0.2, 0.25) is 0 Å². The minimum absolute atomic E-state index is 0.0902. The second kappa shape index (κ2) is 7.95. The smallest absolute Gasteiger partial charge is 0.261 e. The van der Waals surface area contributed by atoms with Crippen LogP contribution in [-0.4, -0.2) is 5.91 Å². The molecule has 0 unspecified atom stereocenters. The Balaban J connectivity index is 1.62. The predicted molar refractivity (Wildman–Crippen MR) is 113 cm³/mol. The van der Waals surface area contributed by atoms with Crippen LogP contribution in [0.4, 0.5) is 4.39 Å². The summed E-state index contributed by atoms with van der Waals surface area (Å²) in [6.45, 7) is 2.44. The molecule has 1 aromatic heterocycles. The van der Waals surface area contributed by atoms with Gasteiger partial charge in [0.15, 0.2) is 0 Å². The van der Waals surface area contributed by atoms with E-state index in [1.165, 1.54) is 34.6 Å². The highest BCUT2D eigenvalue weighted by Gasteiger charge is 2.18. The Morgan fingerprint density at radius 2 is 1.61 bits per heavy atom. The molecule has 0 saturated heterocycles. The van der Waals surface area contributed by atoms with Gasteiger partial charge in [0.1, 0.15) is 5.82 Å². The molecule has 1 N–H and O–H groups in total. The quantitative estimate of drug-likeness (QED) is 0.454. The highest BCUT2D eigenvalue weighted by atomic mass is 32.1. The molecular weight excluding hydrogens is 369 g/mol. The van der Waals surface area contributed by atoms with Crippen molar-refractivity contribution in [2.24, 2.45) is 0 Å². The first-order chi connectivity index (χ1) is 13.6. The van der Waals surface area contributed by atoms with E-state index in [0.717, 1.165) is 26.1 Å². The number of amides is 1. The van der Waals surface area contributed by atoms with Crippen molar-refractivity contribution in [2.75, 3.05) is 0 Å². The van der Waals surface area contributed by atoms with Gasteiger partial charge in [-0.1, -0.05) is 60.2 Å². The number of carbonyl (C=O) groups excluding carboxylic acids is 1. The summed E-state index contributed by atoms with van der Waals surface area (Å²) in [5, 5.41) is 4.11. The van der Waals surface area contributed by atoms with Gasteiger partial charge in [-0.15, -0.1) is 11.3 Å². The van der Waals surface area contributed by atoms with Gasteiger partial charge >= 0.3 is 0 Å². The van der Waals surface area contributed by atoms with Crippen LogP contribution in [0.15, 0.2) is 72.8 Å². The van der Waals surface area contributed by atoms with Gasteiger partial charge < -0.3 is 5.32 Å². The summed E-state index contributed by atoms with van der Waals surface area (Å²) in [4.78, 5) is 13.7. The van der Waals surface area contributed by atoms with Crippen molar-refractivity contribution in [3.63, 3.8) is 0 Å². The molecule has 140 valence electrons. The number of rotatable bonds is 5. The van der Waals surface area contributed by atoms with Gasteiger partial charge in [0.05, 0.1) is 4.88 Å². The number of thiophene rings is 1. The molecule has 4 aromatic rings. The van der Waals surface area contributed by atoms with Crippen LogP contribution in [0.5, 0.6) is 0 Å². The zero-order chi connectivity index (χ0) is 19.5. The Hall–Kier alpha value is -2.98. The maximum Gasteiger partial charge on any atom is 0.261 e. The van der Waals surface area contributed by atoms with E-state index in [1.54, 1.807) is 12.1 Å². The third kappa shape index (κ3) is 3.97. The first kappa shape index (κ1) is 18.4. The fourth-order valence-corrected chi connectivity index (χ4v) is 4.37. The molecule has 0 spiro atoms. The molecule has 0 atom stereocenters. The molecule has 1 heterocycles. The van der Waals surface area contributed by atoms with Crippen LogP contribution in [0, 0.1) is 12.7 Å². The molecule has 0 radical (unpaired) electrons. The molecule has 3 aromatic carbocycles. The van der Waals surface area contributed by atoms with Crippen LogP contribution in [0.1, 0.15) is 31.9 Å². The van der Waals surface area contributed by atoms with Crippen molar-refractivity contribution in [1.29, 1.82) is 0 Å². The van der Waals surface area contributed by atoms with E-state index in [9.17, 15) is 9.18 Å². The van der Waals surface area contributed by atoms with Crippen molar-refractivity contribution >= 4 is 27.3 Å². The predicted octanol–water partition coefficient (Wildman–Crippen LogP) is 5.87. The summed E-state index contributed by atoms with van der Waals surface area (Å²) in [6, 6.07) is 22.7. The zero-order valence-corrected chi connectivity index (χ0v) is 16.4. The van der Waals surface area contributed by atoms with Crippen LogP contribution >= 0.6 is 11.3 Å². The Labute approximate surface area is 167 Å². The van der Waals surface area contributed by atoms with Crippen molar-refractivity contribution in [3.8, 4) is 0 Å². The SMILES string of the molecule is Cc1ccc(Cc2c(C(=O)NCc3ccc(F)cc3)sc3ccccc23)cc1.